The third-order valence-electron chi connectivity index (χ3n) is 2.91. The van der Waals surface area contributed by atoms with Gasteiger partial charge in [0.25, 0.3) is 0 Å². The number of halogens is 1. The minimum atomic E-state index is -1.12. The standard InChI is InChI=1S/C14H10FN3O2/c1-8-6-13-16-11(14(19)20)7-12(18(13)17-8)9-2-4-10(15)5-3-9/h2-7H,1H3,(H,19,20). The van der Waals surface area contributed by atoms with Crippen LogP contribution in [0.4, 0.5) is 4.39 Å². The Labute approximate surface area is 113 Å². The van der Waals surface area contributed by atoms with E-state index in [2.05, 4.69) is 10.1 Å². The number of carboxylic acid groups (broad SMARTS) is 1. The molecule has 0 saturated carbocycles. The molecule has 2 aromatic heterocycles. The number of hydrogen-bond donors (Lipinski definition) is 1. The second-order valence-corrected chi connectivity index (χ2v) is 4.39. The van der Waals surface area contributed by atoms with Crippen LogP contribution >= 0.6 is 0 Å². The summed E-state index contributed by atoms with van der Waals surface area (Å²) in [4.78, 5) is 15.2. The minimum Gasteiger partial charge on any atom is -0.477 e. The number of aryl methyl sites for hydroxylation is 1. The van der Waals surface area contributed by atoms with Crippen molar-refractivity contribution < 1.29 is 14.3 Å². The highest BCUT2D eigenvalue weighted by Gasteiger charge is 2.13. The fourth-order valence-electron chi connectivity index (χ4n) is 2.02. The van der Waals surface area contributed by atoms with Crippen LogP contribution in [0.2, 0.25) is 0 Å². The van der Waals surface area contributed by atoms with Crippen molar-refractivity contribution in [2.45, 2.75) is 6.92 Å². The zero-order valence-electron chi connectivity index (χ0n) is 10.5. The molecular formula is C14H10FN3O2. The SMILES string of the molecule is Cc1cc2nc(C(=O)O)cc(-c3ccc(F)cc3)n2n1. The normalized spacial score (nSPS) is 10.9. The molecule has 0 saturated heterocycles. The van der Waals surface area contributed by atoms with Gasteiger partial charge in [0.2, 0.25) is 0 Å². The van der Waals surface area contributed by atoms with Gasteiger partial charge < -0.3 is 5.11 Å². The molecule has 0 unspecified atom stereocenters. The molecule has 0 aliphatic rings. The zero-order chi connectivity index (χ0) is 14.3. The second-order valence-electron chi connectivity index (χ2n) is 4.39. The first kappa shape index (κ1) is 12.3. The molecule has 0 aliphatic heterocycles. The van der Waals surface area contributed by atoms with Gasteiger partial charge >= 0.3 is 5.97 Å². The Morgan fingerprint density at radius 2 is 1.95 bits per heavy atom. The molecule has 3 aromatic rings. The number of hydrogen-bond acceptors (Lipinski definition) is 3. The summed E-state index contributed by atoms with van der Waals surface area (Å²) in [6.07, 6.45) is 0. The summed E-state index contributed by atoms with van der Waals surface area (Å²) in [6, 6.07) is 8.91. The number of nitrogens with zero attached hydrogens (tertiary/aromatic N) is 3. The van der Waals surface area contributed by atoms with Crippen LogP contribution < -0.4 is 0 Å². The van der Waals surface area contributed by atoms with Gasteiger partial charge in [-0.15, -0.1) is 0 Å². The Morgan fingerprint density at radius 3 is 2.60 bits per heavy atom. The van der Waals surface area contributed by atoms with Crippen molar-refractivity contribution in [1.29, 1.82) is 0 Å². The van der Waals surface area contributed by atoms with E-state index in [0.29, 0.717) is 16.9 Å². The summed E-state index contributed by atoms with van der Waals surface area (Å²) in [5.74, 6) is -1.47. The predicted octanol–water partition coefficient (Wildman–Crippen LogP) is 2.54. The molecule has 100 valence electrons. The molecular weight excluding hydrogens is 261 g/mol. The van der Waals surface area contributed by atoms with Gasteiger partial charge in [-0.3, -0.25) is 0 Å². The van der Waals surface area contributed by atoms with Crippen LogP contribution in [0.3, 0.4) is 0 Å². The molecule has 5 nitrogen and oxygen atoms in total. The first-order chi connectivity index (χ1) is 9.54. The number of aromatic carboxylic acids is 1. The highest BCUT2D eigenvalue weighted by atomic mass is 19.1. The first-order valence-corrected chi connectivity index (χ1v) is 5.91. The lowest BCUT2D eigenvalue weighted by Crippen LogP contribution is -2.05. The van der Waals surface area contributed by atoms with Crippen molar-refractivity contribution >= 4 is 11.6 Å². The molecule has 0 fully saturated rings. The maximum Gasteiger partial charge on any atom is 0.354 e. The molecule has 0 atom stereocenters. The Morgan fingerprint density at radius 1 is 1.25 bits per heavy atom. The van der Waals surface area contributed by atoms with Crippen molar-refractivity contribution in [2.24, 2.45) is 0 Å². The summed E-state index contributed by atoms with van der Waals surface area (Å²) >= 11 is 0. The van der Waals surface area contributed by atoms with Crippen molar-refractivity contribution in [2.75, 3.05) is 0 Å². The number of carboxylic acids is 1. The molecule has 1 aromatic carbocycles. The van der Waals surface area contributed by atoms with Crippen LogP contribution in [0.1, 0.15) is 16.2 Å². The first-order valence-electron chi connectivity index (χ1n) is 5.91. The Hall–Kier alpha value is -2.76. The fourth-order valence-corrected chi connectivity index (χ4v) is 2.02. The Bertz CT molecular complexity index is 809. The van der Waals surface area contributed by atoms with Crippen molar-refractivity contribution in [3.8, 4) is 11.3 Å². The largest absolute Gasteiger partial charge is 0.477 e. The van der Waals surface area contributed by atoms with Crippen LogP contribution in [0.5, 0.6) is 0 Å². The van der Waals surface area contributed by atoms with Gasteiger partial charge in [0.15, 0.2) is 11.3 Å². The molecule has 0 radical (unpaired) electrons. The van der Waals surface area contributed by atoms with Gasteiger partial charge in [-0.1, -0.05) is 0 Å². The Kier molecular flexibility index (Phi) is 2.71. The van der Waals surface area contributed by atoms with E-state index in [4.69, 9.17) is 5.11 Å². The molecule has 0 bridgehead atoms. The highest BCUT2D eigenvalue weighted by Crippen LogP contribution is 2.22. The van der Waals surface area contributed by atoms with Gasteiger partial charge in [-0.25, -0.2) is 18.7 Å². The quantitative estimate of drug-likeness (QED) is 0.777. The molecule has 2 heterocycles. The average molecular weight is 271 g/mol. The van der Waals surface area contributed by atoms with Gasteiger partial charge in [-0.2, -0.15) is 5.10 Å². The van der Waals surface area contributed by atoms with Gasteiger partial charge in [0.1, 0.15) is 5.82 Å². The number of rotatable bonds is 2. The van der Waals surface area contributed by atoms with E-state index in [0.717, 1.165) is 5.69 Å². The zero-order valence-corrected chi connectivity index (χ0v) is 10.5. The summed E-state index contributed by atoms with van der Waals surface area (Å²) in [7, 11) is 0. The summed E-state index contributed by atoms with van der Waals surface area (Å²) in [6.45, 7) is 1.80. The second kappa shape index (κ2) is 4.41. The highest BCUT2D eigenvalue weighted by molar-refractivity contribution is 5.87. The maximum atomic E-state index is 13.0. The number of carbonyl (C=O) groups is 1. The summed E-state index contributed by atoms with van der Waals surface area (Å²) < 4.78 is 14.5. The molecule has 3 rings (SSSR count). The third kappa shape index (κ3) is 2.01. The van der Waals surface area contributed by atoms with Gasteiger partial charge in [0, 0.05) is 11.6 Å². The predicted molar refractivity (Wildman–Crippen MR) is 70.1 cm³/mol. The van der Waals surface area contributed by atoms with E-state index in [9.17, 15) is 9.18 Å². The molecule has 0 spiro atoms. The van der Waals surface area contributed by atoms with Gasteiger partial charge in [0.05, 0.1) is 11.4 Å². The van der Waals surface area contributed by atoms with Crippen LogP contribution in [-0.2, 0) is 0 Å². The Balaban J connectivity index is 2.31. The minimum absolute atomic E-state index is 0.0725. The van der Waals surface area contributed by atoms with E-state index in [1.54, 1.807) is 29.6 Å². The van der Waals surface area contributed by atoms with Crippen molar-refractivity contribution in [3.63, 3.8) is 0 Å². The molecule has 20 heavy (non-hydrogen) atoms. The van der Waals surface area contributed by atoms with E-state index in [1.807, 2.05) is 0 Å². The molecule has 0 aliphatic carbocycles. The fraction of sp³-hybridized carbons (Fsp3) is 0.0714. The van der Waals surface area contributed by atoms with Gasteiger partial charge in [-0.05, 0) is 37.3 Å². The maximum absolute atomic E-state index is 13.0. The lowest BCUT2D eigenvalue weighted by Gasteiger charge is -2.06. The average Bonchev–Trinajstić information content (AvgIpc) is 2.78. The monoisotopic (exact) mass is 271 g/mol. The third-order valence-corrected chi connectivity index (χ3v) is 2.91. The van der Waals surface area contributed by atoms with E-state index < -0.39 is 5.97 Å². The summed E-state index contributed by atoms with van der Waals surface area (Å²) in [5.41, 5.74) is 2.33. The number of fused-ring (bicyclic) bond motifs is 1. The number of benzene rings is 1. The van der Waals surface area contributed by atoms with Crippen molar-refractivity contribution in [1.82, 2.24) is 14.6 Å². The van der Waals surface area contributed by atoms with Crippen LogP contribution in [0, 0.1) is 12.7 Å². The van der Waals surface area contributed by atoms with Crippen LogP contribution in [0.15, 0.2) is 36.4 Å². The van der Waals surface area contributed by atoms with Crippen LogP contribution in [-0.4, -0.2) is 25.7 Å². The lowest BCUT2D eigenvalue weighted by molar-refractivity contribution is 0.0690. The number of aromatic nitrogens is 3. The smallest absolute Gasteiger partial charge is 0.354 e. The van der Waals surface area contributed by atoms with E-state index in [1.165, 1.54) is 18.2 Å². The van der Waals surface area contributed by atoms with Crippen molar-refractivity contribution in [3.05, 3.63) is 53.6 Å². The molecule has 1 N–H and O–H groups in total. The van der Waals surface area contributed by atoms with Crippen LogP contribution in [0.25, 0.3) is 16.9 Å². The lowest BCUT2D eigenvalue weighted by atomic mass is 10.1. The van der Waals surface area contributed by atoms with E-state index >= 15 is 0 Å². The molecule has 6 heteroatoms. The topological polar surface area (TPSA) is 67.5 Å². The molecule has 0 amide bonds. The summed E-state index contributed by atoms with van der Waals surface area (Å²) in [5, 5.41) is 13.4. The van der Waals surface area contributed by atoms with E-state index in [-0.39, 0.29) is 11.5 Å².